The maximum Gasteiger partial charge on any atom is 0.350 e. The van der Waals surface area contributed by atoms with E-state index in [-0.39, 0.29) is 21.0 Å². The summed E-state index contributed by atoms with van der Waals surface area (Å²) in [7, 11) is -2.72. The Bertz CT molecular complexity index is 1460. The van der Waals surface area contributed by atoms with Crippen molar-refractivity contribution in [3.8, 4) is 0 Å². The summed E-state index contributed by atoms with van der Waals surface area (Å²) in [5.41, 5.74) is 0.639. The molecule has 0 unspecified atom stereocenters. The molecule has 0 bridgehead atoms. The topological polar surface area (TPSA) is 102 Å². The molecule has 10 heteroatoms. The van der Waals surface area contributed by atoms with E-state index in [2.05, 4.69) is 10.0 Å². The first-order valence-corrected chi connectivity index (χ1v) is 11.9. The molecule has 4 aromatic rings. The number of hydrogen-bond acceptors (Lipinski definition) is 6. The van der Waals surface area contributed by atoms with Gasteiger partial charge in [0.15, 0.2) is 0 Å². The molecule has 168 valence electrons. The summed E-state index contributed by atoms with van der Waals surface area (Å²) in [4.78, 5) is 25.3. The quantitative estimate of drug-likeness (QED) is 0.380. The first kappa shape index (κ1) is 22.4. The zero-order valence-corrected chi connectivity index (χ0v) is 18.8. The normalized spacial score (nSPS) is 11.2. The van der Waals surface area contributed by atoms with Crippen molar-refractivity contribution in [2.24, 2.45) is 0 Å². The van der Waals surface area contributed by atoms with Crippen LogP contribution in [0.25, 0.3) is 10.1 Å². The summed E-state index contributed by atoms with van der Waals surface area (Å²) < 4.78 is 46.3. The molecular weight excluding hydrogens is 467 g/mol. The summed E-state index contributed by atoms with van der Waals surface area (Å²) in [5, 5.41) is 3.43. The minimum atomic E-state index is -3.98. The Balaban J connectivity index is 1.62. The number of anilines is 2. The van der Waals surface area contributed by atoms with E-state index in [0.717, 1.165) is 29.0 Å². The number of thiophene rings is 1. The number of halogens is 1. The van der Waals surface area contributed by atoms with Crippen LogP contribution in [0.1, 0.15) is 20.0 Å². The Kier molecular flexibility index (Phi) is 6.12. The Morgan fingerprint density at radius 1 is 0.970 bits per heavy atom. The van der Waals surface area contributed by atoms with E-state index in [4.69, 9.17) is 4.74 Å². The van der Waals surface area contributed by atoms with Crippen LogP contribution in [0, 0.1) is 5.82 Å². The predicted octanol–water partition coefficient (Wildman–Crippen LogP) is 4.88. The molecule has 2 N–H and O–H groups in total. The van der Waals surface area contributed by atoms with Gasteiger partial charge in [0.25, 0.3) is 15.9 Å². The Morgan fingerprint density at radius 3 is 2.42 bits per heavy atom. The van der Waals surface area contributed by atoms with Gasteiger partial charge in [0.05, 0.1) is 17.7 Å². The number of benzene rings is 3. The van der Waals surface area contributed by atoms with Crippen LogP contribution < -0.4 is 10.0 Å². The number of fused-ring (bicyclic) bond motifs is 1. The second kappa shape index (κ2) is 9.00. The van der Waals surface area contributed by atoms with Crippen LogP contribution in [0.5, 0.6) is 0 Å². The molecule has 7 nitrogen and oxygen atoms in total. The molecule has 4 rings (SSSR count). The fraction of sp³-hybridized carbons (Fsp3) is 0.0435. The van der Waals surface area contributed by atoms with Crippen LogP contribution in [0.2, 0.25) is 0 Å². The molecule has 1 heterocycles. The van der Waals surface area contributed by atoms with Gasteiger partial charge in [0.2, 0.25) is 0 Å². The number of methoxy groups -OCH3 is 1. The smallest absolute Gasteiger partial charge is 0.350 e. The second-order valence-corrected chi connectivity index (χ2v) is 9.62. The van der Waals surface area contributed by atoms with Crippen LogP contribution >= 0.6 is 11.3 Å². The third-order valence-corrected chi connectivity index (χ3v) is 7.25. The molecule has 1 aromatic heterocycles. The maximum absolute atomic E-state index is 13.1. The molecule has 0 aliphatic carbocycles. The molecule has 0 fully saturated rings. The first-order valence-electron chi connectivity index (χ1n) is 9.58. The highest BCUT2D eigenvalue weighted by molar-refractivity contribution is 7.92. The number of carbonyl (C=O) groups is 2. The molecule has 0 aliphatic heterocycles. The van der Waals surface area contributed by atoms with Crippen LogP contribution in [-0.2, 0) is 14.8 Å². The zero-order chi connectivity index (χ0) is 23.6. The number of amides is 1. The van der Waals surface area contributed by atoms with E-state index in [1.807, 2.05) is 12.1 Å². The minimum absolute atomic E-state index is 0.119. The van der Waals surface area contributed by atoms with Gasteiger partial charge in [-0.15, -0.1) is 11.3 Å². The number of sulfonamides is 1. The average molecular weight is 485 g/mol. The van der Waals surface area contributed by atoms with Gasteiger partial charge in [-0.3, -0.25) is 9.52 Å². The van der Waals surface area contributed by atoms with E-state index in [0.29, 0.717) is 11.1 Å². The maximum atomic E-state index is 13.1. The third kappa shape index (κ3) is 4.71. The van der Waals surface area contributed by atoms with E-state index >= 15 is 0 Å². The van der Waals surface area contributed by atoms with Crippen LogP contribution in [-0.4, -0.2) is 27.4 Å². The summed E-state index contributed by atoms with van der Waals surface area (Å²) >= 11 is 1.20. The van der Waals surface area contributed by atoms with Crippen molar-refractivity contribution in [1.82, 2.24) is 0 Å². The molecular formula is C23H17FN2O5S2. The van der Waals surface area contributed by atoms with Crippen molar-refractivity contribution in [2.75, 3.05) is 17.1 Å². The monoisotopic (exact) mass is 484 g/mol. The average Bonchev–Trinajstić information content (AvgIpc) is 3.17. The number of nitrogens with one attached hydrogen (secondary N) is 2. The number of ether oxygens (including phenoxy) is 1. The zero-order valence-electron chi connectivity index (χ0n) is 17.2. The Morgan fingerprint density at radius 2 is 1.70 bits per heavy atom. The van der Waals surface area contributed by atoms with Crippen molar-refractivity contribution in [3.05, 3.63) is 89.1 Å². The van der Waals surface area contributed by atoms with Crippen LogP contribution in [0.3, 0.4) is 0 Å². The summed E-state index contributed by atoms with van der Waals surface area (Å²) in [6.45, 7) is 0. The lowest BCUT2D eigenvalue weighted by molar-refractivity contribution is 0.0607. The van der Waals surface area contributed by atoms with Crippen molar-refractivity contribution in [2.45, 2.75) is 4.90 Å². The fourth-order valence-electron chi connectivity index (χ4n) is 3.14. The molecule has 0 spiro atoms. The summed E-state index contributed by atoms with van der Waals surface area (Å²) in [6.07, 6.45) is 0. The van der Waals surface area contributed by atoms with Crippen molar-refractivity contribution in [3.63, 3.8) is 0 Å². The van der Waals surface area contributed by atoms with Gasteiger partial charge in [-0.05, 0) is 48.5 Å². The van der Waals surface area contributed by atoms with Gasteiger partial charge in [-0.2, -0.15) is 0 Å². The Labute approximate surface area is 192 Å². The lowest BCUT2D eigenvalue weighted by Crippen LogP contribution is -2.16. The number of hydrogen-bond donors (Lipinski definition) is 2. The highest BCUT2D eigenvalue weighted by Gasteiger charge is 2.21. The van der Waals surface area contributed by atoms with Gasteiger partial charge in [0, 0.05) is 21.3 Å². The summed E-state index contributed by atoms with van der Waals surface area (Å²) in [5.74, 6) is -1.67. The molecule has 0 aliphatic rings. The Hall–Kier alpha value is -3.76. The SMILES string of the molecule is COC(=O)c1sc2ccccc2c1NC(=O)c1cccc(NS(=O)(=O)c2ccc(F)cc2)c1. The van der Waals surface area contributed by atoms with Gasteiger partial charge in [-0.25, -0.2) is 17.6 Å². The standard InChI is InChI=1S/C23H17FN2O5S2/c1-31-23(28)21-20(18-7-2-3-8-19(18)32-21)25-22(27)14-5-4-6-16(13-14)26-33(29,30)17-11-9-15(24)10-12-17/h2-13,26H,1H3,(H,25,27). The molecule has 0 saturated carbocycles. The number of rotatable bonds is 6. The van der Waals surface area contributed by atoms with Gasteiger partial charge < -0.3 is 10.1 Å². The first-order chi connectivity index (χ1) is 15.8. The van der Waals surface area contributed by atoms with Crippen molar-refractivity contribution < 1.29 is 27.1 Å². The fourth-order valence-corrected chi connectivity index (χ4v) is 5.27. The molecule has 0 radical (unpaired) electrons. The summed E-state index contributed by atoms with van der Waals surface area (Å²) in [6, 6.07) is 17.5. The lowest BCUT2D eigenvalue weighted by Gasteiger charge is -2.10. The second-order valence-electron chi connectivity index (χ2n) is 6.89. The largest absolute Gasteiger partial charge is 0.465 e. The van der Waals surface area contributed by atoms with Crippen LogP contribution in [0.15, 0.2) is 77.7 Å². The van der Waals surface area contributed by atoms with Crippen molar-refractivity contribution in [1.29, 1.82) is 0 Å². The van der Waals surface area contributed by atoms with Crippen molar-refractivity contribution >= 4 is 54.7 Å². The van der Waals surface area contributed by atoms with E-state index in [9.17, 15) is 22.4 Å². The molecule has 3 aromatic carbocycles. The molecule has 1 amide bonds. The highest BCUT2D eigenvalue weighted by Crippen LogP contribution is 2.36. The van der Waals surface area contributed by atoms with Gasteiger partial charge in [0.1, 0.15) is 10.7 Å². The van der Waals surface area contributed by atoms with E-state index in [1.54, 1.807) is 12.1 Å². The minimum Gasteiger partial charge on any atom is -0.465 e. The molecule has 0 saturated heterocycles. The highest BCUT2D eigenvalue weighted by atomic mass is 32.2. The lowest BCUT2D eigenvalue weighted by atomic mass is 10.1. The van der Waals surface area contributed by atoms with Gasteiger partial charge in [-0.1, -0.05) is 24.3 Å². The third-order valence-electron chi connectivity index (χ3n) is 4.71. The van der Waals surface area contributed by atoms with E-state index in [1.165, 1.54) is 42.7 Å². The molecule has 0 atom stereocenters. The predicted molar refractivity (Wildman–Crippen MR) is 125 cm³/mol. The number of esters is 1. The number of carbonyl (C=O) groups excluding carboxylic acids is 2. The van der Waals surface area contributed by atoms with Gasteiger partial charge >= 0.3 is 5.97 Å². The van der Waals surface area contributed by atoms with Crippen LogP contribution in [0.4, 0.5) is 15.8 Å². The molecule has 33 heavy (non-hydrogen) atoms. The van der Waals surface area contributed by atoms with E-state index < -0.39 is 27.7 Å².